The average molecular weight is 215 g/mol. The topological polar surface area (TPSA) is 37.8 Å². The van der Waals surface area contributed by atoms with Crippen LogP contribution in [0.3, 0.4) is 0 Å². The van der Waals surface area contributed by atoms with Gasteiger partial charge in [0.2, 0.25) is 0 Å². The Kier molecular flexibility index (Phi) is 3.57. The second kappa shape index (κ2) is 4.93. The molecular weight excluding hydrogens is 202 g/mol. The van der Waals surface area contributed by atoms with E-state index in [1.54, 1.807) is 6.33 Å². The van der Waals surface area contributed by atoms with Gasteiger partial charge in [0.15, 0.2) is 4.34 Å². The molecule has 1 fully saturated rings. The van der Waals surface area contributed by atoms with Crippen LogP contribution in [0.4, 0.5) is 0 Å². The van der Waals surface area contributed by atoms with E-state index in [1.165, 1.54) is 37.3 Å². The van der Waals surface area contributed by atoms with Gasteiger partial charge in [-0.1, -0.05) is 11.8 Å². The van der Waals surface area contributed by atoms with Gasteiger partial charge in [0, 0.05) is 5.25 Å². The van der Waals surface area contributed by atoms with Crippen molar-refractivity contribution in [3.63, 3.8) is 0 Å². The third-order valence-electron chi connectivity index (χ3n) is 2.13. The average Bonchev–Trinajstić information content (AvgIpc) is 2.49. The molecule has 1 N–H and O–H groups in total. The lowest BCUT2D eigenvalue weighted by molar-refractivity contribution is 0.703. The first kappa shape index (κ1) is 9.43. The zero-order chi connectivity index (χ0) is 8.93. The minimum absolute atomic E-state index is 0.739. The molecule has 1 aliphatic rings. The van der Waals surface area contributed by atoms with Crippen LogP contribution >= 0.6 is 23.3 Å². The predicted molar refractivity (Wildman–Crippen MR) is 56.3 cm³/mol. The van der Waals surface area contributed by atoms with Crippen molar-refractivity contribution in [2.75, 3.05) is 13.1 Å². The summed E-state index contributed by atoms with van der Waals surface area (Å²) in [5.41, 5.74) is 0. The lowest BCUT2D eigenvalue weighted by Gasteiger charge is -2.09. The molecule has 2 heterocycles. The monoisotopic (exact) mass is 215 g/mol. The van der Waals surface area contributed by atoms with E-state index in [-0.39, 0.29) is 0 Å². The third-order valence-corrected chi connectivity index (χ3v) is 4.22. The zero-order valence-corrected chi connectivity index (χ0v) is 9.03. The first-order valence-corrected chi connectivity index (χ1v) is 6.24. The molecule has 0 radical (unpaired) electrons. The quantitative estimate of drug-likeness (QED) is 0.816. The molecule has 0 aliphatic carbocycles. The van der Waals surface area contributed by atoms with Gasteiger partial charge in [0.25, 0.3) is 0 Å². The first-order chi connectivity index (χ1) is 6.45. The summed E-state index contributed by atoms with van der Waals surface area (Å²) in [5.74, 6) is 0. The highest BCUT2D eigenvalue weighted by Crippen LogP contribution is 2.29. The molecule has 1 atom stereocenters. The summed E-state index contributed by atoms with van der Waals surface area (Å²) in [6.45, 7) is 2.32. The third kappa shape index (κ3) is 2.93. The van der Waals surface area contributed by atoms with Gasteiger partial charge < -0.3 is 5.32 Å². The molecule has 1 unspecified atom stereocenters. The zero-order valence-electron chi connectivity index (χ0n) is 7.40. The van der Waals surface area contributed by atoms with E-state index in [1.807, 2.05) is 11.8 Å². The van der Waals surface area contributed by atoms with Gasteiger partial charge in [-0.15, -0.1) is 0 Å². The largest absolute Gasteiger partial charge is 0.317 e. The minimum atomic E-state index is 0.739. The maximum Gasteiger partial charge on any atom is 0.170 e. The van der Waals surface area contributed by atoms with Crippen molar-refractivity contribution in [3.05, 3.63) is 6.33 Å². The van der Waals surface area contributed by atoms with Crippen LogP contribution in [0.5, 0.6) is 0 Å². The second-order valence-electron chi connectivity index (χ2n) is 3.13. The van der Waals surface area contributed by atoms with Gasteiger partial charge in [-0.05, 0) is 43.9 Å². The number of hydrogen-bond donors (Lipinski definition) is 1. The van der Waals surface area contributed by atoms with Gasteiger partial charge in [-0.3, -0.25) is 0 Å². The number of hydrogen-bond acceptors (Lipinski definition) is 5. The lowest BCUT2D eigenvalue weighted by Crippen LogP contribution is -2.14. The first-order valence-electron chi connectivity index (χ1n) is 4.59. The van der Waals surface area contributed by atoms with Crippen LogP contribution in [0.25, 0.3) is 0 Å². The number of aromatic nitrogens is 2. The smallest absolute Gasteiger partial charge is 0.170 e. The standard InChI is InChI=1S/C8H13N3S2/c1-2-7(3-5-9-4-1)12-8-10-6-11-13-8/h6-7,9H,1-5H2. The summed E-state index contributed by atoms with van der Waals surface area (Å²) in [6, 6.07) is 0. The van der Waals surface area contributed by atoms with E-state index >= 15 is 0 Å². The van der Waals surface area contributed by atoms with E-state index < -0.39 is 0 Å². The predicted octanol–water partition coefficient (Wildman–Crippen LogP) is 1.77. The molecule has 1 aromatic rings. The molecule has 1 aromatic heterocycles. The van der Waals surface area contributed by atoms with Crippen LogP contribution in [0.1, 0.15) is 19.3 Å². The van der Waals surface area contributed by atoms with Gasteiger partial charge in [0.1, 0.15) is 6.33 Å². The fourth-order valence-electron chi connectivity index (χ4n) is 1.46. The van der Waals surface area contributed by atoms with Crippen molar-refractivity contribution in [3.8, 4) is 0 Å². The van der Waals surface area contributed by atoms with Crippen molar-refractivity contribution in [1.82, 2.24) is 14.7 Å². The Morgan fingerprint density at radius 1 is 1.46 bits per heavy atom. The highest BCUT2D eigenvalue weighted by atomic mass is 32.2. The lowest BCUT2D eigenvalue weighted by atomic mass is 10.2. The molecule has 2 rings (SSSR count). The molecule has 1 aliphatic heterocycles. The highest BCUT2D eigenvalue weighted by Gasteiger charge is 2.14. The van der Waals surface area contributed by atoms with Crippen LogP contribution in [0, 0.1) is 0 Å². The molecule has 0 spiro atoms. The number of rotatable bonds is 2. The molecule has 72 valence electrons. The van der Waals surface area contributed by atoms with Gasteiger partial charge in [0.05, 0.1) is 0 Å². The molecule has 0 aromatic carbocycles. The Morgan fingerprint density at radius 2 is 2.46 bits per heavy atom. The van der Waals surface area contributed by atoms with E-state index in [9.17, 15) is 0 Å². The van der Waals surface area contributed by atoms with Crippen LogP contribution < -0.4 is 5.32 Å². The van der Waals surface area contributed by atoms with Gasteiger partial charge in [-0.2, -0.15) is 4.37 Å². The Bertz CT molecular complexity index is 230. The molecule has 0 saturated carbocycles. The van der Waals surface area contributed by atoms with Crippen LogP contribution in [-0.2, 0) is 0 Å². The Hall–Kier alpha value is -0.130. The molecule has 3 nitrogen and oxygen atoms in total. The number of nitrogens with zero attached hydrogens (tertiary/aromatic N) is 2. The van der Waals surface area contributed by atoms with Crippen LogP contribution in [0.15, 0.2) is 10.7 Å². The van der Waals surface area contributed by atoms with Crippen molar-refractivity contribution >= 4 is 23.3 Å². The fraction of sp³-hybridized carbons (Fsp3) is 0.750. The summed E-state index contributed by atoms with van der Waals surface area (Å²) < 4.78 is 5.12. The maximum absolute atomic E-state index is 4.19. The Balaban J connectivity index is 1.86. The molecule has 0 amide bonds. The summed E-state index contributed by atoms with van der Waals surface area (Å²) in [4.78, 5) is 4.19. The molecule has 5 heteroatoms. The van der Waals surface area contributed by atoms with Gasteiger partial charge >= 0.3 is 0 Å². The van der Waals surface area contributed by atoms with E-state index in [2.05, 4.69) is 14.7 Å². The Labute approximate surface area is 86.5 Å². The summed E-state index contributed by atoms with van der Waals surface area (Å²) >= 11 is 3.39. The van der Waals surface area contributed by atoms with E-state index in [4.69, 9.17) is 0 Å². The summed E-state index contributed by atoms with van der Waals surface area (Å²) in [7, 11) is 0. The highest BCUT2D eigenvalue weighted by molar-refractivity contribution is 8.01. The van der Waals surface area contributed by atoms with E-state index in [0.29, 0.717) is 0 Å². The SMILES string of the molecule is c1nsc(SC2CCCNCC2)n1. The van der Waals surface area contributed by atoms with Crippen molar-refractivity contribution in [1.29, 1.82) is 0 Å². The second-order valence-corrected chi connectivity index (χ2v) is 5.46. The maximum atomic E-state index is 4.19. The fourth-order valence-corrected chi connectivity index (χ4v) is 3.36. The molecule has 0 bridgehead atoms. The molecular formula is C8H13N3S2. The normalized spacial score (nSPS) is 24.2. The summed E-state index contributed by atoms with van der Waals surface area (Å²) in [5, 5.41) is 4.15. The van der Waals surface area contributed by atoms with Crippen molar-refractivity contribution < 1.29 is 0 Å². The van der Waals surface area contributed by atoms with Crippen molar-refractivity contribution in [2.24, 2.45) is 0 Å². The van der Waals surface area contributed by atoms with E-state index in [0.717, 1.165) is 16.1 Å². The molecule has 13 heavy (non-hydrogen) atoms. The van der Waals surface area contributed by atoms with Crippen molar-refractivity contribution in [2.45, 2.75) is 28.9 Å². The summed E-state index contributed by atoms with van der Waals surface area (Å²) in [6.07, 6.45) is 5.49. The Morgan fingerprint density at radius 3 is 3.31 bits per heavy atom. The minimum Gasteiger partial charge on any atom is -0.317 e. The number of thioether (sulfide) groups is 1. The number of nitrogens with one attached hydrogen (secondary N) is 1. The van der Waals surface area contributed by atoms with Crippen LogP contribution in [0.2, 0.25) is 0 Å². The van der Waals surface area contributed by atoms with Gasteiger partial charge in [-0.25, -0.2) is 4.98 Å². The van der Waals surface area contributed by atoms with Crippen LogP contribution in [-0.4, -0.2) is 27.7 Å². The molecule has 1 saturated heterocycles.